The molecule has 0 N–H and O–H groups in total. The van der Waals surface area contributed by atoms with E-state index in [1.807, 2.05) is 188 Å². The van der Waals surface area contributed by atoms with Crippen LogP contribution in [0.1, 0.15) is 11.1 Å². The lowest BCUT2D eigenvalue weighted by molar-refractivity contribution is -0.138. The van der Waals surface area contributed by atoms with Crippen LogP contribution in [0, 0.1) is 23.3 Å². The summed E-state index contributed by atoms with van der Waals surface area (Å²) in [5, 5.41) is 10.8. The lowest BCUT2D eigenvalue weighted by atomic mass is 9.97. The Balaban J connectivity index is 0.851. The van der Waals surface area contributed by atoms with Crippen molar-refractivity contribution < 1.29 is 43.9 Å². The fourth-order valence-electron chi connectivity index (χ4n) is 18.9. The normalized spacial score (nSPS) is 12.7. The van der Waals surface area contributed by atoms with Crippen molar-refractivity contribution in [2.24, 2.45) is 0 Å². The Kier molecular flexibility index (Phi) is 14.1. The molecule has 0 bridgehead atoms. The number of rotatable bonds is 7. The van der Waals surface area contributed by atoms with Crippen molar-refractivity contribution in [3.8, 4) is 56.1 Å². The summed E-state index contributed by atoms with van der Waals surface area (Å²) in [6, 6.07) is 83.4. The van der Waals surface area contributed by atoms with Crippen LogP contribution in [0.15, 0.2) is 291 Å². The number of nitrogens with zero attached hydrogens (tertiary/aromatic N) is 4. The monoisotopic (exact) mass is 1600 g/mol. The second-order valence-corrected chi connectivity index (χ2v) is 33.8. The van der Waals surface area contributed by atoms with Crippen molar-refractivity contribution in [1.29, 1.82) is 0 Å². The fourth-order valence-corrected chi connectivity index (χ4v) is 23.6. The van der Waals surface area contributed by atoms with E-state index in [-0.39, 0.29) is 27.8 Å². The highest BCUT2D eigenvalue weighted by Gasteiger charge is 2.43. The van der Waals surface area contributed by atoms with Crippen molar-refractivity contribution in [3.63, 3.8) is 0 Å². The molecule has 0 radical (unpaired) electrons. The van der Waals surface area contributed by atoms with Gasteiger partial charge >= 0.3 is 12.4 Å². The van der Waals surface area contributed by atoms with E-state index >= 15 is 43.9 Å². The predicted molar refractivity (Wildman–Crippen MR) is 461 cm³/mol. The minimum Gasteiger partial charge on any atom is -0.308 e. The van der Waals surface area contributed by atoms with E-state index in [0.717, 1.165) is 84.8 Å². The van der Waals surface area contributed by atoms with Gasteiger partial charge in [-0.05, 0) is 131 Å². The SMILES string of the molecule is Fc1cccc(F)c1-c1cc(-n2c3ccccc3c3ccc4c5ccccc5sc4c32)c(C(F)(F)F)c(-n2c3cccc(-c4ccc5c6ccc7sc8ccccc8c7c6n(-c6cc(-c7c(F)cccc7F)cc(-n7c8ccccc8c8ccc9sc%10ccccc%10c9c87)c6C(F)(F)F)c5c4)c3c3ccc4c5ccccc5sc4c32)c1. The molecule has 0 amide bonds. The van der Waals surface area contributed by atoms with E-state index in [2.05, 4.69) is 0 Å². The number of halogens is 10. The molecule has 16 aromatic carbocycles. The van der Waals surface area contributed by atoms with Gasteiger partial charge in [-0.25, -0.2) is 17.6 Å². The quantitative estimate of drug-likeness (QED) is 0.142. The van der Waals surface area contributed by atoms with Crippen LogP contribution in [0.3, 0.4) is 0 Å². The fraction of sp³-hybridized carbons (Fsp3) is 0.0204. The zero-order valence-electron chi connectivity index (χ0n) is 59.9. The zero-order valence-corrected chi connectivity index (χ0v) is 63.2. The van der Waals surface area contributed by atoms with E-state index in [0.29, 0.717) is 107 Å². The van der Waals surface area contributed by atoms with Gasteiger partial charge in [0.05, 0.1) is 87.4 Å². The number of thiophene rings is 4. The Morgan fingerprint density at radius 1 is 0.224 bits per heavy atom. The number of aromatic nitrogens is 4. The van der Waals surface area contributed by atoms with Gasteiger partial charge < -0.3 is 18.3 Å². The summed E-state index contributed by atoms with van der Waals surface area (Å²) in [6.07, 6.45) is -10.4. The standard InChI is InChI=1S/C98H48F10N4S4/c99-66-23-14-24-67(100)84(66)50-45-74(109-70-27-7-1-16-53(70)58-40-42-82-87(91(58)109)63-20-5-11-32-80(63)113-82)89(97(103,104)105)77(48-50)112-73-44-49(34-35-55(73)59-41-43-83-88(92(59)112)64-21-6-12-33-81(64)114-83)52-22-13-29-72-86(52)65-39-38-62-57-19-4-10-31-79(57)116-96(62)94(65)111(72)76-47-51(85-68(101)25-15-26-69(85)102)46-75(90(76)98(106,107)108)110-71-28-8-2-17-54(71)60-36-37-61-56-18-3-9-30-78(56)115-95(61)93(60)110/h1-48H. The summed E-state index contributed by atoms with van der Waals surface area (Å²) in [5.74, 6) is -4.01. The van der Waals surface area contributed by atoms with Gasteiger partial charge in [0.2, 0.25) is 0 Å². The number of fused-ring (bicyclic) bond motifs is 28. The molecule has 0 atom stereocenters. The maximum Gasteiger partial charge on any atom is 0.420 e. The van der Waals surface area contributed by atoms with Crippen LogP contribution in [0.25, 0.3) is 224 Å². The molecule has 0 aliphatic heterocycles. The Labute approximate surface area is 664 Å². The smallest absolute Gasteiger partial charge is 0.308 e. The van der Waals surface area contributed by atoms with Gasteiger partial charge in [-0.1, -0.05) is 182 Å². The highest BCUT2D eigenvalue weighted by atomic mass is 32.1. The van der Waals surface area contributed by atoms with Crippen LogP contribution < -0.4 is 0 Å². The lowest BCUT2D eigenvalue weighted by Gasteiger charge is -2.24. The average Bonchev–Trinajstić information content (AvgIpc) is 1.53. The van der Waals surface area contributed by atoms with Crippen LogP contribution in [-0.2, 0) is 12.4 Å². The molecule has 116 heavy (non-hydrogen) atoms. The van der Waals surface area contributed by atoms with Gasteiger partial charge in [-0.15, -0.1) is 45.3 Å². The van der Waals surface area contributed by atoms with E-state index < -0.39 is 74.9 Å². The van der Waals surface area contributed by atoms with Gasteiger partial charge in [-0.3, -0.25) is 0 Å². The van der Waals surface area contributed by atoms with E-state index in [9.17, 15) is 0 Å². The summed E-state index contributed by atoms with van der Waals surface area (Å²) >= 11 is 5.81. The maximum atomic E-state index is 18.1. The molecule has 4 nitrogen and oxygen atoms in total. The molecule has 554 valence electrons. The predicted octanol–water partition coefficient (Wildman–Crippen LogP) is 31.1. The molecule has 0 aliphatic carbocycles. The number of hydrogen-bond donors (Lipinski definition) is 0. The molecule has 18 heteroatoms. The van der Waals surface area contributed by atoms with Gasteiger partial charge in [-0.2, -0.15) is 26.3 Å². The molecule has 0 aliphatic rings. The zero-order chi connectivity index (χ0) is 77.8. The molecule has 0 unspecified atom stereocenters. The summed E-state index contributed by atoms with van der Waals surface area (Å²) in [7, 11) is 0. The molecule has 24 aromatic rings. The van der Waals surface area contributed by atoms with Crippen molar-refractivity contribution in [2.75, 3.05) is 0 Å². The largest absolute Gasteiger partial charge is 0.420 e. The third kappa shape index (κ3) is 9.37. The molecule has 24 rings (SSSR count). The highest BCUT2D eigenvalue weighted by molar-refractivity contribution is 7.27. The van der Waals surface area contributed by atoms with Gasteiger partial charge in [0.25, 0.3) is 0 Å². The second-order valence-electron chi connectivity index (χ2n) is 29.5. The molecule has 0 saturated heterocycles. The van der Waals surface area contributed by atoms with Gasteiger partial charge in [0, 0.05) is 114 Å². The van der Waals surface area contributed by atoms with Gasteiger partial charge in [0.15, 0.2) is 0 Å². The Morgan fingerprint density at radius 2 is 0.560 bits per heavy atom. The minimum absolute atomic E-state index is 0.178. The molecule has 8 aromatic heterocycles. The summed E-state index contributed by atoms with van der Waals surface area (Å²) < 4.78 is 190. The maximum absolute atomic E-state index is 18.1. The Hall–Kier alpha value is -13.1. The first-order chi connectivity index (χ1) is 56.5. The van der Waals surface area contributed by atoms with Crippen molar-refractivity contribution in [3.05, 3.63) is 326 Å². The average molecular weight is 1600 g/mol. The van der Waals surface area contributed by atoms with E-state index in [4.69, 9.17) is 0 Å². The molecule has 0 fully saturated rings. The number of benzene rings is 16. The minimum atomic E-state index is -5.23. The first kappa shape index (κ1) is 67.4. The van der Waals surface area contributed by atoms with Crippen LogP contribution >= 0.6 is 45.3 Å². The van der Waals surface area contributed by atoms with Crippen LogP contribution in [0.4, 0.5) is 43.9 Å². The molecular formula is C98H48F10N4S4. The van der Waals surface area contributed by atoms with Crippen LogP contribution in [0.2, 0.25) is 0 Å². The van der Waals surface area contributed by atoms with Crippen molar-refractivity contribution in [2.45, 2.75) is 12.4 Å². The molecular weight excluding hydrogens is 1550 g/mol. The topological polar surface area (TPSA) is 19.7 Å². The second kappa shape index (κ2) is 24.2. The molecule has 0 saturated carbocycles. The number of para-hydroxylation sites is 2. The lowest BCUT2D eigenvalue weighted by Crippen LogP contribution is -2.16. The third-order valence-electron chi connectivity index (χ3n) is 23.5. The molecule has 8 heterocycles. The van der Waals surface area contributed by atoms with Crippen LogP contribution in [-0.4, -0.2) is 18.3 Å². The Morgan fingerprint density at radius 3 is 1.03 bits per heavy atom. The van der Waals surface area contributed by atoms with E-state index in [1.165, 1.54) is 81.7 Å². The summed E-state index contributed by atoms with van der Waals surface area (Å²) in [4.78, 5) is 0. The van der Waals surface area contributed by atoms with E-state index in [1.54, 1.807) is 60.7 Å². The summed E-state index contributed by atoms with van der Waals surface area (Å²) in [6.45, 7) is 0. The van der Waals surface area contributed by atoms with Gasteiger partial charge in [0.1, 0.15) is 34.4 Å². The third-order valence-corrected chi connectivity index (χ3v) is 28.1. The first-order valence-electron chi connectivity index (χ1n) is 37.3. The van der Waals surface area contributed by atoms with Crippen molar-refractivity contribution >= 4 is 213 Å². The molecule has 0 spiro atoms. The first-order valence-corrected chi connectivity index (χ1v) is 40.6. The van der Waals surface area contributed by atoms with Crippen molar-refractivity contribution in [1.82, 2.24) is 18.3 Å². The Bertz CT molecular complexity index is 8490. The summed E-state index contributed by atoms with van der Waals surface area (Å²) in [5.41, 5.74) is -1.44. The highest BCUT2D eigenvalue weighted by Crippen LogP contribution is 2.56. The number of alkyl halides is 6. The number of hydrogen-bond acceptors (Lipinski definition) is 4. The van der Waals surface area contributed by atoms with Crippen LogP contribution in [0.5, 0.6) is 0 Å².